The summed E-state index contributed by atoms with van der Waals surface area (Å²) in [5, 5.41) is 15.3. The van der Waals surface area contributed by atoms with E-state index in [0.717, 1.165) is 18.7 Å². The van der Waals surface area contributed by atoms with Gasteiger partial charge in [-0.2, -0.15) is 4.68 Å². The van der Waals surface area contributed by atoms with Gasteiger partial charge >= 0.3 is 0 Å². The highest BCUT2D eigenvalue weighted by molar-refractivity contribution is 6.32. The van der Waals surface area contributed by atoms with Gasteiger partial charge in [0.25, 0.3) is 5.91 Å². The fourth-order valence-corrected chi connectivity index (χ4v) is 2.80. The smallest absolute Gasteiger partial charge is 0.253 e. The second-order valence-corrected chi connectivity index (χ2v) is 7.20. The number of rotatable bonds is 7. The van der Waals surface area contributed by atoms with E-state index in [1.165, 1.54) is 12.8 Å². The average molecular weight is 362 g/mol. The second-order valence-electron chi connectivity index (χ2n) is 6.80. The summed E-state index contributed by atoms with van der Waals surface area (Å²) in [4.78, 5) is 12.3. The molecule has 4 rings (SSSR count). The van der Waals surface area contributed by atoms with E-state index >= 15 is 0 Å². The molecule has 0 saturated heterocycles. The Morgan fingerprint density at radius 3 is 2.92 bits per heavy atom. The summed E-state index contributed by atoms with van der Waals surface area (Å²) < 4.78 is 7.26. The number of aromatic nitrogens is 4. The molecule has 2 aromatic rings. The predicted octanol–water partition coefficient (Wildman–Crippen LogP) is 2.95. The lowest BCUT2D eigenvalue weighted by atomic mass is 10.2. The van der Waals surface area contributed by atoms with Gasteiger partial charge in [-0.25, -0.2) is 0 Å². The quantitative estimate of drug-likeness (QED) is 0.819. The number of nitrogens with one attached hydrogen (secondary N) is 1. The molecule has 2 aliphatic carbocycles. The van der Waals surface area contributed by atoms with Gasteiger partial charge < -0.3 is 10.1 Å². The Hall–Kier alpha value is -1.99. The first-order chi connectivity index (χ1) is 12.1. The van der Waals surface area contributed by atoms with E-state index in [2.05, 4.69) is 20.8 Å². The molecule has 2 fully saturated rings. The van der Waals surface area contributed by atoms with Crippen LogP contribution in [-0.2, 0) is 9.53 Å². The number of halogens is 1. The van der Waals surface area contributed by atoms with Gasteiger partial charge in [0.05, 0.1) is 17.3 Å². The van der Waals surface area contributed by atoms with Gasteiger partial charge in [-0.05, 0) is 67.2 Å². The van der Waals surface area contributed by atoms with Crippen LogP contribution in [0.15, 0.2) is 18.2 Å². The van der Waals surface area contributed by atoms with Gasteiger partial charge in [0, 0.05) is 11.6 Å². The number of amides is 1. The van der Waals surface area contributed by atoms with Crippen molar-refractivity contribution in [2.24, 2.45) is 5.92 Å². The van der Waals surface area contributed by atoms with E-state index in [1.54, 1.807) is 29.8 Å². The zero-order valence-corrected chi connectivity index (χ0v) is 14.7. The summed E-state index contributed by atoms with van der Waals surface area (Å²) in [7, 11) is 0. The SMILES string of the molecule is CC(OCC1CC1)C(=O)Nc1ccc(Cl)c(-n2nnnc2C2CC2)c1. The Kier molecular flexibility index (Phi) is 4.43. The van der Waals surface area contributed by atoms with Crippen molar-refractivity contribution in [1.82, 2.24) is 20.2 Å². The number of nitrogens with zero attached hydrogens (tertiary/aromatic N) is 4. The number of benzene rings is 1. The predicted molar refractivity (Wildman–Crippen MR) is 92.9 cm³/mol. The molecule has 1 N–H and O–H groups in total. The third-order valence-electron chi connectivity index (χ3n) is 4.53. The van der Waals surface area contributed by atoms with Crippen LogP contribution >= 0.6 is 11.6 Å². The molecule has 1 unspecified atom stereocenters. The Labute approximate surface area is 150 Å². The first-order valence-corrected chi connectivity index (χ1v) is 9.00. The van der Waals surface area contributed by atoms with Crippen molar-refractivity contribution in [2.45, 2.75) is 44.6 Å². The topological polar surface area (TPSA) is 81.9 Å². The molecule has 0 spiro atoms. The molecule has 0 radical (unpaired) electrons. The van der Waals surface area contributed by atoms with Crippen molar-refractivity contribution in [3.8, 4) is 5.69 Å². The Bertz CT molecular complexity index is 785. The molecule has 8 heteroatoms. The average Bonchev–Trinajstić information content (AvgIpc) is 3.54. The molecule has 0 aliphatic heterocycles. The number of tetrazole rings is 1. The van der Waals surface area contributed by atoms with Gasteiger partial charge in [0.15, 0.2) is 5.82 Å². The zero-order chi connectivity index (χ0) is 17.4. The number of hydrogen-bond acceptors (Lipinski definition) is 5. The van der Waals surface area contributed by atoms with Crippen molar-refractivity contribution in [3.05, 3.63) is 29.0 Å². The lowest BCUT2D eigenvalue weighted by Crippen LogP contribution is -2.28. The van der Waals surface area contributed by atoms with Crippen molar-refractivity contribution in [2.75, 3.05) is 11.9 Å². The van der Waals surface area contributed by atoms with E-state index in [9.17, 15) is 4.79 Å². The molecule has 1 heterocycles. The molecule has 0 bridgehead atoms. The highest BCUT2D eigenvalue weighted by atomic mass is 35.5. The molecule has 1 aromatic carbocycles. The summed E-state index contributed by atoms with van der Waals surface area (Å²) in [6, 6.07) is 5.29. The summed E-state index contributed by atoms with van der Waals surface area (Å²) in [5.41, 5.74) is 1.31. The largest absolute Gasteiger partial charge is 0.368 e. The zero-order valence-electron chi connectivity index (χ0n) is 14.0. The van der Waals surface area contributed by atoms with Crippen LogP contribution in [0.3, 0.4) is 0 Å². The minimum Gasteiger partial charge on any atom is -0.368 e. The molecular weight excluding hydrogens is 342 g/mol. The highest BCUT2D eigenvalue weighted by Gasteiger charge is 2.30. The monoisotopic (exact) mass is 361 g/mol. The van der Waals surface area contributed by atoms with E-state index in [4.69, 9.17) is 16.3 Å². The summed E-state index contributed by atoms with van der Waals surface area (Å²) >= 11 is 6.32. The second kappa shape index (κ2) is 6.72. The van der Waals surface area contributed by atoms with Crippen LogP contribution in [0, 0.1) is 5.92 Å². The number of carbonyl (C=O) groups excluding carboxylic acids is 1. The molecule has 2 aliphatic rings. The normalized spacial score (nSPS) is 18.2. The Balaban J connectivity index is 1.48. The first kappa shape index (κ1) is 16.5. The fourth-order valence-electron chi connectivity index (χ4n) is 2.60. The standard InChI is InChI=1S/C17H20ClN5O2/c1-10(25-9-11-2-3-11)17(24)19-13-6-7-14(18)15(8-13)23-16(12-4-5-12)20-21-22-23/h6-8,10-12H,2-5,9H2,1H3,(H,19,24). The van der Waals surface area contributed by atoms with Crippen molar-refractivity contribution < 1.29 is 9.53 Å². The van der Waals surface area contributed by atoms with Crippen molar-refractivity contribution >= 4 is 23.2 Å². The van der Waals surface area contributed by atoms with Gasteiger partial charge in [0.1, 0.15) is 6.10 Å². The fraction of sp³-hybridized carbons (Fsp3) is 0.529. The maximum atomic E-state index is 12.3. The maximum Gasteiger partial charge on any atom is 0.253 e. The Morgan fingerprint density at radius 2 is 2.20 bits per heavy atom. The van der Waals surface area contributed by atoms with Gasteiger partial charge in [-0.15, -0.1) is 5.10 Å². The number of anilines is 1. The van der Waals surface area contributed by atoms with Crippen LogP contribution in [0.4, 0.5) is 5.69 Å². The summed E-state index contributed by atoms with van der Waals surface area (Å²) in [6.45, 7) is 2.41. The van der Waals surface area contributed by atoms with Gasteiger partial charge in [-0.1, -0.05) is 11.6 Å². The van der Waals surface area contributed by atoms with Crippen LogP contribution < -0.4 is 5.32 Å². The van der Waals surface area contributed by atoms with Gasteiger partial charge in [-0.3, -0.25) is 4.79 Å². The lowest BCUT2D eigenvalue weighted by Gasteiger charge is -2.14. The minimum absolute atomic E-state index is 0.173. The number of carbonyl (C=O) groups is 1. The first-order valence-electron chi connectivity index (χ1n) is 8.62. The highest BCUT2D eigenvalue weighted by Crippen LogP contribution is 2.40. The molecular formula is C17H20ClN5O2. The van der Waals surface area contributed by atoms with E-state index in [0.29, 0.717) is 34.8 Å². The third kappa shape index (κ3) is 3.82. The van der Waals surface area contributed by atoms with Crippen LogP contribution in [0.5, 0.6) is 0 Å². The van der Waals surface area contributed by atoms with E-state index < -0.39 is 6.10 Å². The molecule has 1 amide bonds. The number of ether oxygens (including phenoxy) is 1. The molecule has 1 aromatic heterocycles. The van der Waals surface area contributed by atoms with Crippen LogP contribution in [0.1, 0.15) is 44.3 Å². The third-order valence-corrected chi connectivity index (χ3v) is 4.85. The summed E-state index contributed by atoms with van der Waals surface area (Å²) in [5.74, 6) is 1.65. The summed E-state index contributed by atoms with van der Waals surface area (Å²) in [6.07, 6.45) is 4.08. The molecule has 25 heavy (non-hydrogen) atoms. The van der Waals surface area contributed by atoms with Crippen molar-refractivity contribution in [3.63, 3.8) is 0 Å². The minimum atomic E-state index is -0.491. The van der Waals surface area contributed by atoms with Crippen LogP contribution in [0.25, 0.3) is 5.69 Å². The number of hydrogen-bond donors (Lipinski definition) is 1. The molecule has 7 nitrogen and oxygen atoms in total. The molecule has 1 atom stereocenters. The molecule has 2 saturated carbocycles. The van der Waals surface area contributed by atoms with E-state index in [-0.39, 0.29) is 5.91 Å². The lowest BCUT2D eigenvalue weighted by molar-refractivity contribution is -0.126. The van der Waals surface area contributed by atoms with E-state index in [1.807, 2.05) is 0 Å². The van der Waals surface area contributed by atoms with Crippen LogP contribution in [-0.4, -0.2) is 38.8 Å². The Morgan fingerprint density at radius 1 is 1.40 bits per heavy atom. The van der Waals surface area contributed by atoms with Gasteiger partial charge in [0.2, 0.25) is 0 Å². The van der Waals surface area contributed by atoms with Crippen molar-refractivity contribution in [1.29, 1.82) is 0 Å². The molecule has 132 valence electrons. The maximum absolute atomic E-state index is 12.3. The van der Waals surface area contributed by atoms with Crippen LogP contribution in [0.2, 0.25) is 5.02 Å².